The first-order valence-corrected chi connectivity index (χ1v) is 13.6. The third kappa shape index (κ3) is 142. The molecule has 0 spiro atoms. The number of hydrogen-bond acceptors (Lipinski definition) is 0. The molecule has 0 amide bonds. The molecule has 0 fully saturated rings. The molecule has 192 valence electrons. The van der Waals surface area contributed by atoms with Crippen molar-refractivity contribution in [2.45, 2.75) is 163 Å². The fourth-order valence-electron chi connectivity index (χ4n) is 0. The maximum atomic E-state index is 2.22. The normalized spacial score (nSPS) is 9.60. The molecule has 0 aromatic rings. The van der Waals surface area contributed by atoms with Crippen LogP contribution in [-0.4, -0.2) is 0 Å². The molecule has 0 rings (SSSR count). The summed E-state index contributed by atoms with van der Waals surface area (Å²) in [6, 6.07) is 0. The molecule has 0 radical (unpaired) electrons. The molecule has 0 N–H and O–H groups in total. The topological polar surface area (TPSA) is 0 Å². The first kappa shape index (κ1) is 43.8. The van der Waals surface area contributed by atoms with Crippen LogP contribution in [0.3, 0.4) is 0 Å². The highest BCUT2D eigenvalue weighted by Gasteiger charge is 1.82. The minimum atomic E-state index is 0.884. The largest absolute Gasteiger partial charge is 0.0651 e. The Morgan fingerprint density at radius 2 is 0.267 bits per heavy atom. The van der Waals surface area contributed by atoms with Gasteiger partial charge >= 0.3 is 0 Å². The van der Waals surface area contributed by atoms with Crippen LogP contribution < -0.4 is 0 Å². The van der Waals surface area contributed by atoms with Crippen LogP contribution in [0.5, 0.6) is 0 Å². The van der Waals surface area contributed by atoms with Gasteiger partial charge < -0.3 is 0 Å². The molecule has 0 aliphatic heterocycles. The van der Waals surface area contributed by atoms with Gasteiger partial charge in [0.15, 0.2) is 0 Å². The van der Waals surface area contributed by atoms with E-state index in [9.17, 15) is 0 Å². The zero-order valence-corrected chi connectivity index (χ0v) is 25.7. The van der Waals surface area contributed by atoms with Gasteiger partial charge in [0.1, 0.15) is 0 Å². The SMILES string of the molecule is CCC(C)C.CCC(C)C.CCC(C)C.CCC(C)C.CCC(C)C.CCC(C)C. The van der Waals surface area contributed by atoms with Gasteiger partial charge in [-0.2, -0.15) is 0 Å². The van der Waals surface area contributed by atoms with Crippen molar-refractivity contribution >= 4 is 0 Å². The zero-order valence-electron chi connectivity index (χ0n) is 25.7. The van der Waals surface area contributed by atoms with Gasteiger partial charge in [0.2, 0.25) is 0 Å². The number of rotatable bonds is 6. The molecule has 30 heavy (non-hydrogen) atoms. The Morgan fingerprint density at radius 3 is 0.267 bits per heavy atom. The lowest BCUT2D eigenvalue weighted by Gasteiger charge is -1.90. The molecule has 0 aliphatic rings. The fourth-order valence-corrected chi connectivity index (χ4v) is 0. The maximum Gasteiger partial charge on any atom is -0.0474 e. The molecule has 0 saturated heterocycles. The van der Waals surface area contributed by atoms with Crippen molar-refractivity contribution in [3.63, 3.8) is 0 Å². The van der Waals surface area contributed by atoms with E-state index in [1.807, 2.05) is 0 Å². The Balaban J connectivity index is -0.0000000576. The quantitative estimate of drug-likeness (QED) is 0.391. The average Bonchev–Trinajstić information content (AvgIpc) is 2.69. The third-order valence-electron chi connectivity index (χ3n) is 4.90. The average molecular weight is 433 g/mol. The summed E-state index contributed by atoms with van der Waals surface area (Å²) in [6.07, 6.45) is 7.83. The summed E-state index contributed by atoms with van der Waals surface area (Å²) in [7, 11) is 0. The zero-order chi connectivity index (χ0) is 25.7. The fraction of sp³-hybridized carbons (Fsp3) is 1.00. The van der Waals surface area contributed by atoms with E-state index >= 15 is 0 Å². The molecule has 0 nitrogen and oxygen atoms in total. The van der Waals surface area contributed by atoms with E-state index in [2.05, 4.69) is 125 Å². The highest BCUT2D eigenvalue weighted by atomic mass is 13.9. The molecule has 0 aromatic heterocycles. The predicted molar refractivity (Wildman–Crippen MR) is 151 cm³/mol. The van der Waals surface area contributed by atoms with Gasteiger partial charge in [0.05, 0.1) is 0 Å². The van der Waals surface area contributed by atoms with E-state index in [1.165, 1.54) is 38.5 Å². The van der Waals surface area contributed by atoms with Crippen LogP contribution in [0.2, 0.25) is 0 Å². The summed E-state index contributed by atoms with van der Waals surface area (Å²) in [5.41, 5.74) is 0. The second kappa shape index (κ2) is 39.5. The van der Waals surface area contributed by atoms with E-state index in [4.69, 9.17) is 0 Å². The summed E-state index contributed by atoms with van der Waals surface area (Å²) in [5.74, 6) is 5.31. The first-order valence-electron chi connectivity index (χ1n) is 13.6. The van der Waals surface area contributed by atoms with Crippen molar-refractivity contribution in [1.29, 1.82) is 0 Å². The standard InChI is InChI=1S/6C5H12/c6*1-4-5(2)3/h6*5H,4H2,1-3H3. The lowest BCUT2D eigenvalue weighted by molar-refractivity contribution is 0.626. The van der Waals surface area contributed by atoms with E-state index < -0.39 is 0 Å². The van der Waals surface area contributed by atoms with Gasteiger partial charge in [0, 0.05) is 0 Å². The van der Waals surface area contributed by atoms with E-state index in [0.717, 1.165) is 35.5 Å². The van der Waals surface area contributed by atoms with Gasteiger partial charge in [-0.15, -0.1) is 0 Å². The molecule has 0 bridgehead atoms. The lowest BCUT2D eigenvalue weighted by Crippen LogP contribution is -1.77. The number of hydrogen-bond donors (Lipinski definition) is 0. The molecule has 0 atom stereocenters. The second-order valence-corrected chi connectivity index (χ2v) is 10.8. The highest BCUT2D eigenvalue weighted by molar-refractivity contribution is 4.35. The monoisotopic (exact) mass is 433 g/mol. The minimum absolute atomic E-state index is 0.884. The van der Waals surface area contributed by atoms with Crippen molar-refractivity contribution < 1.29 is 0 Å². The highest BCUT2D eigenvalue weighted by Crippen LogP contribution is 1.96. The molecule has 0 unspecified atom stereocenters. The van der Waals surface area contributed by atoms with Gasteiger partial charge in [0.25, 0.3) is 0 Å². The van der Waals surface area contributed by atoms with E-state index in [0.29, 0.717) is 0 Å². The van der Waals surface area contributed by atoms with Crippen LogP contribution in [0.1, 0.15) is 163 Å². The molecule has 0 aliphatic carbocycles. The van der Waals surface area contributed by atoms with Crippen molar-refractivity contribution in [3.8, 4) is 0 Å². The van der Waals surface area contributed by atoms with Crippen LogP contribution in [0.4, 0.5) is 0 Å². The van der Waals surface area contributed by atoms with Gasteiger partial charge in [-0.3, -0.25) is 0 Å². The second-order valence-electron chi connectivity index (χ2n) is 10.8. The van der Waals surface area contributed by atoms with Gasteiger partial charge in [-0.25, -0.2) is 0 Å². The summed E-state index contributed by atoms with van der Waals surface area (Å²) >= 11 is 0. The predicted octanol–water partition coefficient (Wildman–Crippen LogP) is 12.3. The lowest BCUT2D eigenvalue weighted by atomic mass is 10.2. The Morgan fingerprint density at radius 1 is 0.233 bits per heavy atom. The molecule has 0 heterocycles. The van der Waals surface area contributed by atoms with Crippen molar-refractivity contribution in [1.82, 2.24) is 0 Å². The molecular formula is C30H72. The van der Waals surface area contributed by atoms with Crippen LogP contribution in [0.15, 0.2) is 0 Å². The summed E-state index contributed by atoms with van der Waals surface area (Å²) in [6.45, 7) is 39.9. The minimum Gasteiger partial charge on any atom is -0.0651 e. The van der Waals surface area contributed by atoms with Crippen LogP contribution in [0, 0.1) is 35.5 Å². The Hall–Kier alpha value is 0. The van der Waals surface area contributed by atoms with E-state index in [-0.39, 0.29) is 0 Å². The van der Waals surface area contributed by atoms with Gasteiger partial charge in [-0.05, 0) is 35.5 Å². The molecule has 0 saturated carbocycles. The Labute approximate surface area is 198 Å². The Bertz CT molecular complexity index is 146. The summed E-state index contributed by atoms with van der Waals surface area (Å²) < 4.78 is 0. The third-order valence-corrected chi connectivity index (χ3v) is 4.90. The Kier molecular flexibility index (Phi) is 57.6. The van der Waals surface area contributed by atoms with Crippen LogP contribution >= 0.6 is 0 Å². The van der Waals surface area contributed by atoms with Gasteiger partial charge in [-0.1, -0.05) is 163 Å². The van der Waals surface area contributed by atoms with Crippen LogP contribution in [0.25, 0.3) is 0 Å². The van der Waals surface area contributed by atoms with E-state index in [1.54, 1.807) is 0 Å². The summed E-state index contributed by atoms with van der Waals surface area (Å²) in [5, 5.41) is 0. The van der Waals surface area contributed by atoms with Crippen LogP contribution in [-0.2, 0) is 0 Å². The van der Waals surface area contributed by atoms with Crippen molar-refractivity contribution in [3.05, 3.63) is 0 Å². The smallest absolute Gasteiger partial charge is 0.0474 e. The summed E-state index contributed by atoms with van der Waals surface area (Å²) in [4.78, 5) is 0. The van der Waals surface area contributed by atoms with Crippen molar-refractivity contribution in [2.24, 2.45) is 35.5 Å². The van der Waals surface area contributed by atoms with Crippen molar-refractivity contribution in [2.75, 3.05) is 0 Å². The molecule has 0 aromatic carbocycles. The first-order chi connectivity index (χ1) is 13.6. The molecular weight excluding hydrogens is 360 g/mol. The maximum absolute atomic E-state index is 2.22. The molecule has 0 heteroatoms.